The number of pyridine rings is 1. The minimum Gasteiger partial charge on any atom is -0.464 e. The van der Waals surface area contributed by atoms with E-state index in [0.717, 1.165) is 0 Å². The maximum Gasteiger partial charge on any atom is 0.407 e. The molecule has 0 saturated carbocycles. The molecule has 3 aliphatic rings. The van der Waals surface area contributed by atoms with Crippen LogP contribution >= 0.6 is 23.4 Å². The molecule has 3 saturated heterocycles. The lowest BCUT2D eigenvalue weighted by atomic mass is 9.73. The fraction of sp³-hybridized carbons (Fsp3) is 0.621. The Bertz CT molecular complexity index is 1350. The minimum atomic E-state index is -0.601. The number of nitrogens with zero attached hydrogens (tertiary/aromatic N) is 5. The Hall–Kier alpha value is -2.90. The predicted octanol–water partition coefficient (Wildman–Crippen LogP) is 4.77. The zero-order valence-electron chi connectivity index (χ0n) is 25.1. The molecule has 234 valence electrons. The van der Waals surface area contributed by atoms with Gasteiger partial charge in [-0.15, -0.1) is 0 Å². The number of hydrogen-bond donors (Lipinski definition) is 1. The van der Waals surface area contributed by atoms with Gasteiger partial charge in [0.05, 0.1) is 43.8 Å². The zero-order chi connectivity index (χ0) is 30.9. The Morgan fingerprint density at radius 1 is 1.21 bits per heavy atom. The van der Waals surface area contributed by atoms with Crippen molar-refractivity contribution in [2.75, 3.05) is 56.4 Å². The fourth-order valence-corrected chi connectivity index (χ4v) is 6.98. The first-order valence-corrected chi connectivity index (χ1v) is 15.6. The van der Waals surface area contributed by atoms with E-state index in [-0.39, 0.29) is 35.8 Å². The number of amides is 1. The number of alkyl halides is 1. The lowest BCUT2D eigenvalue weighted by Gasteiger charge is -2.43. The molecular formula is C29H38ClFN6O5S. The zero-order valence-corrected chi connectivity index (χ0v) is 26.6. The summed E-state index contributed by atoms with van der Waals surface area (Å²) in [4.78, 5) is 43.8. The lowest BCUT2D eigenvalue weighted by Crippen LogP contribution is -2.55. The molecule has 1 spiro atoms. The topological polar surface area (TPSA) is 119 Å². The van der Waals surface area contributed by atoms with Crippen LogP contribution in [-0.4, -0.2) is 91.3 Å². The van der Waals surface area contributed by atoms with E-state index in [4.69, 9.17) is 25.8 Å². The summed E-state index contributed by atoms with van der Waals surface area (Å²) in [7, 11) is 1.31. The molecule has 1 amide bonds. The van der Waals surface area contributed by atoms with Crippen molar-refractivity contribution in [3.05, 3.63) is 29.2 Å². The van der Waals surface area contributed by atoms with Crippen molar-refractivity contribution >= 4 is 47.1 Å². The largest absolute Gasteiger partial charge is 0.464 e. The molecule has 14 heteroatoms. The summed E-state index contributed by atoms with van der Waals surface area (Å²) in [6.07, 6.45) is 4.07. The highest BCUT2D eigenvalue weighted by molar-refractivity contribution is 7.99. The smallest absolute Gasteiger partial charge is 0.407 e. The summed E-state index contributed by atoms with van der Waals surface area (Å²) >= 11 is 7.94. The Morgan fingerprint density at radius 2 is 1.93 bits per heavy atom. The normalized spacial score (nSPS) is 21.9. The number of alkyl carbamates (subject to hydrolysis) is 1. The van der Waals surface area contributed by atoms with Crippen LogP contribution in [0, 0.1) is 11.3 Å². The summed E-state index contributed by atoms with van der Waals surface area (Å²) in [6.45, 7) is 9.92. The van der Waals surface area contributed by atoms with Crippen LogP contribution < -0.4 is 15.1 Å². The van der Waals surface area contributed by atoms with Crippen LogP contribution in [0.5, 0.6) is 0 Å². The summed E-state index contributed by atoms with van der Waals surface area (Å²) in [5, 5.41) is 3.97. The summed E-state index contributed by atoms with van der Waals surface area (Å²) in [5.74, 6) is 0.443. The highest BCUT2D eigenvalue weighted by Gasteiger charge is 2.51. The van der Waals surface area contributed by atoms with Gasteiger partial charge in [-0.25, -0.2) is 24.5 Å². The number of hydrogen-bond acceptors (Lipinski definition) is 11. The number of carbonyl (C=O) groups is 2. The van der Waals surface area contributed by atoms with Crippen molar-refractivity contribution in [3.8, 4) is 0 Å². The van der Waals surface area contributed by atoms with Crippen molar-refractivity contribution in [1.29, 1.82) is 0 Å². The second kappa shape index (κ2) is 12.6. The van der Waals surface area contributed by atoms with Crippen molar-refractivity contribution in [2.24, 2.45) is 11.3 Å². The molecule has 43 heavy (non-hydrogen) atoms. The van der Waals surface area contributed by atoms with Crippen molar-refractivity contribution in [2.45, 2.75) is 68.2 Å². The molecule has 11 nitrogen and oxygen atoms in total. The number of anilines is 2. The van der Waals surface area contributed by atoms with Gasteiger partial charge in [-0.1, -0.05) is 23.4 Å². The van der Waals surface area contributed by atoms with Crippen LogP contribution in [0.3, 0.4) is 0 Å². The molecule has 1 N–H and O–H groups in total. The van der Waals surface area contributed by atoms with Gasteiger partial charge in [-0.3, -0.25) is 4.39 Å². The number of rotatable bonds is 7. The average Bonchev–Trinajstić information content (AvgIpc) is 3.23. The molecule has 3 fully saturated rings. The van der Waals surface area contributed by atoms with Gasteiger partial charge in [-0.2, -0.15) is 0 Å². The second-order valence-corrected chi connectivity index (χ2v) is 13.8. The van der Waals surface area contributed by atoms with Crippen LogP contribution in [0.1, 0.15) is 51.0 Å². The van der Waals surface area contributed by atoms with E-state index in [9.17, 15) is 14.0 Å². The van der Waals surface area contributed by atoms with Crippen LogP contribution in [0.15, 0.2) is 28.4 Å². The highest BCUT2D eigenvalue weighted by atomic mass is 35.5. The molecule has 2 atom stereocenters. The SMILES string of the molecule is COC(=O)c1nc(Sc2ccnc(N3CC(CF)C3)c2Cl)cnc1N1CCC2(CC1)CO[C@@H](C)[C@H]2NC(=O)OC(C)(C)C. The number of methoxy groups -OCH3 is 1. The Kier molecular flexibility index (Phi) is 9.24. The monoisotopic (exact) mass is 636 g/mol. The molecular weight excluding hydrogens is 599 g/mol. The van der Waals surface area contributed by atoms with Gasteiger partial charge in [0, 0.05) is 48.6 Å². The highest BCUT2D eigenvalue weighted by Crippen LogP contribution is 2.44. The first-order valence-electron chi connectivity index (χ1n) is 14.4. The van der Waals surface area contributed by atoms with Crippen LogP contribution in [0.2, 0.25) is 5.02 Å². The number of carbonyl (C=O) groups excluding carboxylic acids is 2. The Labute approximate surface area is 260 Å². The summed E-state index contributed by atoms with van der Waals surface area (Å²) in [6, 6.07) is 1.57. The van der Waals surface area contributed by atoms with Gasteiger partial charge in [0.2, 0.25) is 0 Å². The van der Waals surface area contributed by atoms with Crippen LogP contribution in [0.4, 0.5) is 20.8 Å². The molecule has 0 radical (unpaired) electrons. The summed E-state index contributed by atoms with van der Waals surface area (Å²) < 4.78 is 29.5. The van der Waals surface area contributed by atoms with E-state index in [2.05, 4.69) is 20.3 Å². The third-order valence-corrected chi connectivity index (χ3v) is 9.58. The van der Waals surface area contributed by atoms with Crippen LogP contribution in [0.25, 0.3) is 0 Å². The molecule has 2 aromatic rings. The maximum absolute atomic E-state index is 12.9. The number of aromatic nitrogens is 3. The predicted molar refractivity (Wildman–Crippen MR) is 161 cm³/mol. The number of ether oxygens (including phenoxy) is 3. The van der Waals surface area contributed by atoms with Crippen molar-refractivity contribution in [1.82, 2.24) is 20.3 Å². The first-order chi connectivity index (χ1) is 20.4. The number of nitrogens with one attached hydrogen (secondary N) is 1. The average molecular weight is 637 g/mol. The standard InChI is InChI=1S/C29H38ClFN6O5S/c1-17-23(35-27(39)42-28(2,3)4)29(16-41-17)7-10-36(11-8-29)25-22(26(38)40-5)34-20(13-33-25)43-19-6-9-32-24(21(19)30)37-14-18(12-31)15-37/h6,9,13,17-18,23H,7-8,10-12,14-16H2,1-5H3,(H,35,39)/t17-,23+/m0/s1. The third kappa shape index (κ3) is 6.78. The van der Waals surface area contributed by atoms with Gasteiger partial charge < -0.3 is 29.3 Å². The van der Waals surface area contributed by atoms with Gasteiger partial charge in [0.1, 0.15) is 16.4 Å². The maximum atomic E-state index is 12.9. The Balaban J connectivity index is 1.30. The van der Waals surface area contributed by atoms with E-state index in [1.165, 1.54) is 18.9 Å². The lowest BCUT2D eigenvalue weighted by molar-refractivity contribution is 0.0433. The van der Waals surface area contributed by atoms with Crippen molar-refractivity contribution < 1.29 is 28.2 Å². The number of halogens is 2. The van der Waals surface area contributed by atoms with E-state index in [1.807, 2.05) is 37.5 Å². The fourth-order valence-electron chi connectivity index (χ4n) is 5.85. The molecule has 0 bridgehead atoms. The van der Waals surface area contributed by atoms with E-state index < -0.39 is 17.7 Å². The van der Waals surface area contributed by atoms with Crippen molar-refractivity contribution in [3.63, 3.8) is 0 Å². The molecule has 0 aliphatic carbocycles. The molecule has 2 aromatic heterocycles. The molecule has 5 rings (SSSR count). The summed E-state index contributed by atoms with van der Waals surface area (Å²) in [5.41, 5.74) is -0.754. The molecule has 0 unspecified atom stereocenters. The third-order valence-electron chi connectivity index (χ3n) is 8.13. The van der Waals surface area contributed by atoms with E-state index >= 15 is 0 Å². The quantitative estimate of drug-likeness (QED) is 0.424. The molecule has 0 aromatic carbocycles. The Morgan fingerprint density at radius 3 is 2.58 bits per heavy atom. The van der Waals surface area contributed by atoms with Gasteiger partial charge in [0.25, 0.3) is 0 Å². The minimum absolute atomic E-state index is 0.00316. The molecule has 5 heterocycles. The van der Waals surface area contributed by atoms with Crippen LogP contribution in [-0.2, 0) is 14.2 Å². The van der Waals surface area contributed by atoms with E-state index in [1.54, 1.807) is 18.5 Å². The first kappa shape index (κ1) is 31.5. The van der Waals surface area contributed by atoms with Gasteiger partial charge >= 0.3 is 12.1 Å². The van der Waals surface area contributed by atoms with Gasteiger partial charge in [-0.05, 0) is 46.6 Å². The van der Waals surface area contributed by atoms with Gasteiger partial charge in [0.15, 0.2) is 11.5 Å². The number of piperidine rings is 1. The number of esters is 1. The second-order valence-electron chi connectivity index (χ2n) is 12.3. The molecule has 3 aliphatic heterocycles. The van der Waals surface area contributed by atoms with E-state index in [0.29, 0.717) is 72.2 Å².